The smallest absolute Gasteiger partial charge is 0.463 e. The molecular formula is C21H38F8O7Si4. The van der Waals surface area contributed by atoms with Gasteiger partial charge in [-0.15, -0.1) is 0 Å². The van der Waals surface area contributed by atoms with Crippen LogP contribution < -0.4 is 0 Å². The third-order valence-electron chi connectivity index (χ3n) is 4.16. The lowest BCUT2D eigenvalue weighted by atomic mass is 10.1. The fourth-order valence-corrected chi connectivity index (χ4v) is 17.6. The van der Waals surface area contributed by atoms with Crippen LogP contribution in [0.15, 0.2) is 12.2 Å². The van der Waals surface area contributed by atoms with Crippen LogP contribution in [-0.4, -0.2) is 83.1 Å². The van der Waals surface area contributed by atoms with E-state index < -0.39 is 76.5 Å². The van der Waals surface area contributed by atoms with Crippen molar-refractivity contribution in [2.24, 2.45) is 0 Å². The summed E-state index contributed by atoms with van der Waals surface area (Å²) in [4.78, 5) is 23.4. The topological polar surface area (TPSA) is 80.3 Å². The molecule has 0 aromatic rings. The lowest BCUT2D eigenvalue weighted by Crippen LogP contribution is -2.60. The highest BCUT2D eigenvalue weighted by Crippen LogP contribution is 2.48. The van der Waals surface area contributed by atoms with Gasteiger partial charge in [0, 0.05) is 18.2 Å². The molecule has 0 aromatic carbocycles. The van der Waals surface area contributed by atoms with Gasteiger partial charge in [-0.1, -0.05) is 0 Å². The minimum Gasteiger partial charge on any atom is -0.463 e. The molecule has 0 aliphatic carbocycles. The van der Waals surface area contributed by atoms with Crippen molar-refractivity contribution in [2.75, 3.05) is 13.2 Å². The maximum Gasteiger partial charge on any atom is 0.469 e. The van der Waals surface area contributed by atoms with Crippen LogP contribution in [0, 0.1) is 0 Å². The lowest BCUT2D eigenvalue weighted by Gasteiger charge is -2.42. The second-order valence-corrected chi connectivity index (χ2v) is 28.7. The number of carbonyl (C=O) groups is 2. The second kappa shape index (κ2) is 13.9. The predicted octanol–water partition coefficient (Wildman–Crippen LogP) is 6.68. The lowest BCUT2D eigenvalue weighted by molar-refractivity contribution is -0.344. The van der Waals surface area contributed by atoms with Gasteiger partial charge in [0.2, 0.25) is 0 Å². The highest BCUT2D eigenvalue weighted by atomic mass is 28.5. The number of carbonyl (C=O) groups excluding carboxylic acids is 2. The first-order chi connectivity index (χ1) is 17.6. The third-order valence-corrected chi connectivity index (χ3v) is 16.2. The van der Waals surface area contributed by atoms with Crippen LogP contribution >= 0.6 is 0 Å². The molecule has 0 amide bonds. The highest BCUT2D eigenvalue weighted by Gasteiger charge is 2.75. The summed E-state index contributed by atoms with van der Waals surface area (Å²) in [5.41, 5.74) is 0. The largest absolute Gasteiger partial charge is 0.469 e. The van der Waals surface area contributed by atoms with Crippen LogP contribution in [0.1, 0.15) is 6.42 Å². The molecule has 0 aromatic heterocycles. The molecule has 40 heavy (non-hydrogen) atoms. The van der Waals surface area contributed by atoms with E-state index in [-0.39, 0.29) is 19.1 Å². The van der Waals surface area contributed by atoms with Crippen molar-refractivity contribution in [3.8, 4) is 0 Å². The van der Waals surface area contributed by atoms with Gasteiger partial charge in [0.1, 0.15) is 0 Å². The van der Waals surface area contributed by atoms with E-state index in [2.05, 4.69) is 4.74 Å². The van der Waals surface area contributed by atoms with Gasteiger partial charge in [0.05, 0.1) is 6.61 Å². The van der Waals surface area contributed by atoms with Crippen molar-refractivity contribution >= 4 is 45.7 Å². The molecule has 0 fully saturated rings. The van der Waals surface area contributed by atoms with Crippen molar-refractivity contribution in [3.05, 3.63) is 12.2 Å². The number of rotatable bonds is 17. The highest BCUT2D eigenvalue weighted by molar-refractivity contribution is 6.90. The Morgan fingerprint density at radius 3 is 1.43 bits per heavy atom. The van der Waals surface area contributed by atoms with Crippen molar-refractivity contribution < 1.29 is 66.5 Å². The molecule has 0 bridgehead atoms. The predicted molar refractivity (Wildman–Crippen MR) is 140 cm³/mol. The Morgan fingerprint density at radius 1 is 0.700 bits per heavy atom. The summed E-state index contributed by atoms with van der Waals surface area (Å²) in [6, 6.07) is 0.317. The zero-order chi connectivity index (χ0) is 32.0. The fourth-order valence-electron chi connectivity index (χ4n) is 2.94. The number of ether oxygens (including phenoxy) is 2. The average Bonchev–Trinajstić information content (AvgIpc) is 2.69. The summed E-state index contributed by atoms with van der Waals surface area (Å²) >= 11 is 0. The van der Waals surface area contributed by atoms with Gasteiger partial charge in [0.25, 0.3) is 0 Å². The number of alkyl halides is 8. The molecule has 7 nitrogen and oxygen atoms in total. The van der Waals surface area contributed by atoms with E-state index in [1.165, 1.54) is 0 Å². The molecule has 0 N–H and O–H groups in total. The van der Waals surface area contributed by atoms with E-state index in [0.29, 0.717) is 12.1 Å². The van der Waals surface area contributed by atoms with Crippen LogP contribution in [-0.2, 0) is 31.4 Å². The zero-order valence-electron chi connectivity index (χ0n) is 23.9. The van der Waals surface area contributed by atoms with Crippen molar-refractivity contribution in [1.29, 1.82) is 0 Å². The van der Waals surface area contributed by atoms with Crippen LogP contribution in [0.4, 0.5) is 35.1 Å². The van der Waals surface area contributed by atoms with Crippen molar-refractivity contribution in [1.82, 2.24) is 0 Å². The Kier molecular flexibility index (Phi) is 13.5. The Bertz CT molecular complexity index is 845. The molecule has 0 radical (unpaired) electrons. The molecule has 236 valence electrons. The van der Waals surface area contributed by atoms with Gasteiger partial charge in [-0.2, -0.15) is 26.3 Å². The first kappa shape index (κ1) is 38.9. The van der Waals surface area contributed by atoms with E-state index in [4.69, 9.17) is 17.1 Å². The minimum absolute atomic E-state index is 0.181. The number of hydrogen-bond acceptors (Lipinski definition) is 7. The summed E-state index contributed by atoms with van der Waals surface area (Å²) in [6.45, 7) is 15.1. The molecule has 0 aliphatic heterocycles. The van der Waals surface area contributed by atoms with Crippen LogP contribution in [0.25, 0.3) is 0 Å². The van der Waals surface area contributed by atoms with Gasteiger partial charge >= 0.3 is 44.9 Å². The average molecular weight is 667 g/mol. The Labute approximate surface area is 233 Å². The van der Waals surface area contributed by atoms with E-state index in [1.807, 2.05) is 58.9 Å². The van der Waals surface area contributed by atoms with Crippen LogP contribution in [0.5, 0.6) is 0 Å². The maximum absolute atomic E-state index is 13.5. The van der Waals surface area contributed by atoms with Gasteiger partial charge in [-0.3, -0.25) is 0 Å². The number of halogens is 8. The Balaban J connectivity index is 5.17. The summed E-state index contributed by atoms with van der Waals surface area (Å²) in [5, 5.41) is 0. The molecule has 0 saturated heterocycles. The molecule has 0 rings (SSSR count). The standard InChI is InChI=1S/C21H38F8O7Si4/c1-37(2,3)34-40(35-38(4,5)6,36-39(7,8)9)14-10-13-32-16(30)11-12-17(31)33-15-19(24,25)21(28,29)20(26,27)18(22)23/h11-12,18H,10,13-15H2,1-9H3. The van der Waals surface area contributed by atoms with E-state index >= 15 is 0 Å². The zero-order valence-corrected chi connectivity index (χ0v) is 27.9. The fraction of sp³-hybridized carbons (Fsp3) is 0.810. The van der Waals surface area contributed by atoms with E-state index in [0.717, 1.165) is 0 Å². The molecule has 0 saturated carbocycles. The van der Waals surface area contributed by atoms with Crippen LogP contribution in [0.3, 0.4) is 0 Å². The second-order valence-electron chi connectivity index (χ2n) is 11.7. The molecule has 0 aliphatic rings. The SMILES string of the molecule is C[Si](C)(C)O[Si](CCCOC(=O)C=CC(=O)OCC(F)(F)C(F)(F)C(F)(F)C(F)F)(O[Si](C)(C)C)O[Si](C)(C)C. The number of hydrogen-bond donors (Lipinski definition) is 0. The molecular weight excluding hydrogens is 629 g/mol. The first-order valence-electron chi connectivity index (χ1n) is 12.1. The van der Waals surface area contributed by atoms with E-state index in [9.17, 15) is 44.7 Å². The normalized spacial score (nSPS) is 14.7. The minimum atomic E-state index is -6.52. The quantitative estimate of drug-likeness (QED) is 0.0563. The van der Waals surface area contributed by atoms with Gasteiger partial charge in [0.15, 0.2) is 31.6 Å². The third kappa shape index (κ3) is 13.2. The Morgan fingerprint density at radius 2 is 1.07 bits per heavy atom. The first-order valence-corrected chi connectivity index (χ1v) is 24.3. The van der Waals surface area contributed by atoms with Crippen LogP contribution in [0.2, 0.25) is 65.0 Å². The summed E-state index contributed by atoms with van der Waals surface area (Å²) in [5.74, 6) is -21.7. The summed E-state index contributed by atoms with van der Waals surface area (Å²) < 4.78 is 131. The van der Waals surface area contributed by atoms with Crippen molar-refractivity contribution in [3.63, 3.8) is 0 Å². The molecule has 0 unspecified atom stereocenters. The summed E-state index contributed by atoms with van der Waals surface area (Å²) in [7, 11) is -9.63. The van der Waals surface area contributed by atoms with Crippen molar-refractivity contribution in [2.45, 2.75) is 95.6 Å². The molecule has 19 heteroatoms. The maximum atomic E-state index is 13.5. The van der Waals surface area contributed by atoms with E-state index in [1.54, 1.807) is 0 Å². The number of esters is 2. The van der Waals surface area contributed by atoms with Gasteiger partial charge in [-0.05, 0) is 65.3 Å². The molecule has 0 atom stereocenters. The molecule has 0 spiro atoms. The van der Waals surface area contributed by atoms with Gasteiger partial charge < -0.3 is 21.8 Å². The van der Waals surface area contributed by atoms with Gasteiger partial charge in [-0.25, -0.2) is 18.4 Å². The Hall–Kier alpha value is -1.13. The molecule has 0 heterocycles. The summed E-state index contributed by atoms with van der Waals surface area (Å²) in [6.07, 6.45) is -4.18. The monoisotopic (exact) mass is 666 g/mol.